The van der Waals surface area contributed by atoms with Gasteiger partial charge in [0.25, 0.3) is 0 Å². The van der Waals surface area contributed by atoms with Gasteiger partial charge in [0.05, 0.1) is 24.4 Å². The van der Waals surface area contributed by atoms with E-state index in [1.54, 1.807) is 0 Å². The highest BCUT2D eigenvalue weighted by atomic mass is 16.6. The molecule has 6 fully saturated rings. The number of fused-ring (bicyclic) bond motifs is 8. The van der Waals surface area contributed by atoms with Crippen LogP contribution in [0, 0.1) is 35.5 Å². The number of rotatable bonds is 0. The van der Waals surface area contributed by atoms with Crippen LogP contribution in [0.1, 0.15) is 0 Å². The highest BCUT2D eigenvalue weighted by Gasteiger charge is 2.89. The Morgan fingerprint density at radius 1 is 0.417 bits per heavy atom. The number of epoxide rings is 2. The maximum Gasteiger partial charge on any atom is 0.0879 e. The molecule has 0 aromatic rings. The first kappa shape index (κ1) is 4.97. The van der Waals surface area contributed by atoms with Crippen molar-refractivity contribution in [3.63, 3.8) is 0 Å². The molecule has 2 heterocycles. The first-order valence-electron chi connectivity index (χ1n) is 5.28. The van der Waals surface area contributed by atoms with Gasteiger partial charge in [0, 0.05) is 0 Å². The quantitative estimate of drug-likeness (QED) is 0.377. The van der Waals surface area contributed by atoms with Crippen LogP contribution in [0.15, 0.2) is 0 Å². The molecule has 0 bridgehead atoms. The summed E-state index contributed by atoms with van der Waals surface area (Å²) in [6, 6.07) is 0. The second-order valence-corrected chi connectivity index (χ2v) is 5.59. The third-order valence-electron chi connectivity index (χ3n) is 5.75. The topological polar surface area (TPSA) is 25.1 Å². The number of hydrogen-bond acceptors (Lipinski definition) is 2. The summed E-state index contributed by atoms with van der Waals surface area (Å²) < 4.78 is 11.5. The summed E-state index contributed by atoms with van der Waals surface area (Å²) in [5.41, 5.74) is 0. The monoisotopic (exact) mass is 162 g/mol. The molecule has 6 aliphatic rings. The Morgan fingerprint density at radius 3 is 1.08 bits per heavy atom. The highest BCUT2D eigenvalue weighted by molar-refractivity contribution is 5.36. The number of hydrogen-bond donors (Lipinski definition) is 0. The molecule has 2 heteroatoms. The minimum Gasteiger partial charge on any atom is -0.369 e. The molecule has 0 aromatic carbocycles. The molecule has 0 N–H and O–H groups in total. The summed E-state index contributed by atoms with van der Waals surface area (Å²) in [6.45, 7) is 0. The van der Waals surface area contributed by atoms with Crippen molar-refractivity contribution in [3.05, 3.63) is 0 Å². The molecule has 2 aliphatic heterocycles. The van der Waals surface area contributed by atoms with E-state index in [4.69, 9.17) is 9.47 Å². The van der Waals surface area contributed by atoms with Crippen molar-refractivity contribution >= 4 is 0 Å². The molecule has 0 radical (unpaired) electrons. The fourth-order valence-corrected chi connectivity index (χ4v) is 5.54. The Balaban J connectivity index is 1.67. The zero-order valence-electron chi connectivity index (χ0n) is 6.59. The molecule has 6 rings (SSSR count). The molecule has 2 saturated heterocycles. The summed E-state index contributed by atoms with van der Waals surface area (Å²) in [5, 5.41) is 0. The first-order chi connectivity index (χ1) is 5.97. The fraction of sp³-hybridized carbons (Fsp3) is 1.00. The predicted molar refractivity (Wildman–Crippen MR) is 38.3 cm³/mol. The summed E-state index contributed by atoms with van der Waals surface area (Å²) in [4.78, 5) is 0. The van der Waals surface area contributed by atoms with Crippen LogP contribution in [0.25, 0.3) is 0 Å². The Bertz CT molecular complexity index is 268. The summed E-state index contributed by atoms with van der Waals surface area (Å²) >= 11 is 0. The van der Waals surface area contributed by atoms with Gasteiger partial charge in [0.2, 0.25) is 0 Å². The second-order valence-electron chi connectivity index (χ2n) is 5.59. The Hall–Kier alpha value is -0.0800. The van der Waals surface area contributed by atoms with Crippen molar-refractivity contribution in [3.8, 4) is 0 Å². The van der Waals surface area contributed by atoms with Gasteiger partial charge in [0.15, 0.2) is 0 Å². The minimum absolute atomic E-state index is 0.705. The third-order valence-corrected chi connectivity index (χ3v) is 5.75. The molecule has 4 aliphatic carbocycles. The Morgan fingerprint density at radius 2 is 0.750 bits per heavy atom. The molecule has 2 nitrogen and oxygen atoms in total. The van der Waals surface area contributed by atoms with Crippen molar-refractivity contribution in [2.75, 3.05) is 0 Å². The lowest BCUT2D eigenvalue weighted by molar-refractivity contribution is -0.204. The standard InChI is InChI=1S/C10H10O2/c11-7-3-1-2-5(3)9-10(12-9)6(2)4(1)8(7)11/h1-10H/t1?,2?,3-,4-,5+,6+,7-,8-,9-,10-/m1/s1. The van der Waals surface area contributed by atoms with E-state index in [1.165, 1.54) is 0 Å². The van der Waals surface area contributed by atoms with Crippen LogP contribution in [0.4, 0.5) is 0 Å². The maximum atomic E-state index is 5.73. The Labute approximate surface area is 70.2 Å². The fourth-order valence-electron chi connectivity index (χ4n) is 5.54. The molecule has 0 amide bonds. The molecule has 8 atom stereocenters. The van der Waals surface area contributed by atoms with Crippen molar-refractivity contribution in [1.29, 1.82) is 0 Å². The zero-order valence-corrected chi connectivity index (χ0v) is 6.59. The Kier molecular flexibility index (Phi) is 0.436. The van der Waals surface area contributed by atoms with Gasteiger partial charge in [0.1, 0.15) is 0 Å². The van der Waals surface area contributed by atoms with Crippen LogP contribution in [0.3, 0.4) is 0 Å². The van der Waals surface area contributed by atoms with Gasteiger partial charge < -0.3 is 9.47 Å². The van der Waals surface area contributed by atoms with E-state index < -0.39 is 0 Å². The van der Waals surface area contributed by atoms with Crippen molar-refractivity contribution in [1.82, 2.24) is 0 Å². The zero-order chi connectivity index (χ0) is 7.19. The van der Waals surface area contributed by atoms with E-state index >= 15 is 0 Å². The van der Waals surface area contributed by atoms with Crippen molar-refractivity contribution in [2.45, 2.75) is 24.4 Å². The van der Waals surface area contributed by atoms with Gasteiger partial charge in [-0.1, -0.05) is 0 Å². The molecule has 0 aromatic heterocycles. The average Bonchev–Trinajstić information content (AvgIpc) is 2.73. The van der Waals surface area contributed by atoms with E-state index in [0.29, 0.717) is 24.4 Å². The van der Waals surface area contributed by atoms with Gasteiger partial charge in [-0.3, -0.25) is 0 Å². The summed E-state index contributed by atoms with van der Waals surface area (Å²) in [6.07, 6.45) is 2.82. The van der Waals surface area contributed by atoms with E-state index in [1.807, 2.05) is 0 Å². The van der Waals surface area contributed by atoms with E-state index in [2.05, 4.69) is 0 Å². The molecular weight excluding hydrogens is 152 g/mol. The smallest absolute Gasteiger partial charge is 0.0879 e. The van der Waals surface area contributed by atoms with Gasteiger partial charge >= 0.3 is 0 Å². The van der Waals surface area contributed by atoms with Crippen LogP contribution < -0.4 is 0 Å². The predicted octanol–water partition coefficient (Wildman–Crippen LogP) is 0.273. The SMILES string of the molecule is O1[C@H]2[C@H]1[C@H]1C3C4[C@@H]([C@H]5O[C@@H]5[C@H]41)[C@H]32. The summed E-state index contributed by atoms with van der Waals surface area (Å²) in [5.74, 6) is 6.05. The van der Waals surface area contributed by atoms with Crippen LogP contribution >= 0.6 is 0 Å². The minimum atomic E-state index is 0.705. The van der Waals surface area contributed by atoms with Gasteiger partial charge in [-0.15, -0.1) is 0 Å². The van der Waals surface area contributed by atoms with Crippen LogP contribution in [0.2, 0.25) is 0 Å². The van der Waals surface area contributed by atoms with Gasteiger partial charge in [-0.2, -0.15) is 0 Å². The molecule has 62 valence electrons. The second kappa shape index (κ2) is 1.05. The van der Waals surface area contributed by atoms with Gasteiger partial charge in [-0.05, 0) is 35.5 Å². The first-order valence-corrected chi connectivity index (χ1v) is 5.28. The average molecular weight is 162 g/mol. The summed E-state index contributed by atoms with van der Waals surface area (Å²) in [7, 11) is 0. The van der Waals surface area contributed by atoms with Crippen molar-refractivity contribution < 1.29 is 9.47 Å². The number of ether oxygens (including phenoxy) is 2. The lowest BCUT2D eigenvalue weighted by atomic mass is 9.44. The maximum absolute atomic E-state index is 5.73. The third kappa shape index (κ3) is 0.252. The highest BCUT2D eigenvalue weighted by Crippen LogP contribution is 2.84. The molecule has 0 spiro atoms. The largest absolute Gasteiger partial charge is 0.369 e. The van der Waals surface area contributed by atoms with Crippen LogP contribution in [0.5, 0.6) is 0 Å². The molecule has 0 unspecified atom stereocenters. The molecule has 4 saturated carbocycles. The van der Waals surface area contributed by atoms with Gasteiger partial charge in [-0.25, -0.2) is 0 Å². The van der Waals surface area contributed by atoms with Crippen LogP contribution in [-0.4, -0.2) is 24.4 Å². The lowest BCUT2D eigenvalue weighted by Crippen LogP contribution is -2.62. The van der Waals surface area contributed by atoms with Crippen LogP contribution in [-0.2, 0) is 9.47 Å². The van der Waals surface area contributed by atoms with E-state index in [9.17, 15) is 0 Å². The van der Waals surface area contributed by atoms with E-state index in [0.717, 1.165) is 35.5 Å². The van der Waals surface area contributed by atoms with E-state index in [-0.39, 0.29) is 0 Å². The normalized spacial score (nSPS) is 94.0. The van der Waals surface area contributed by atoms with Crippen molar-refractivity contribution in [2.24, 2.45) is 35.5 Å². The lowest BCUT2D eigenvalue weighted by Gasteiger charge is -2.61. The molecule has 12 heavy (non-hydrogen) atoms. The molecular formula is C10H10O2.